The highest BCUT2D eigenvalue weighted by molar-refractivity contribution is 6.30. The lowest BCUT2D eigenvalue weighted by Crippen LogP contribution is -2.44. The predicted molar refractivity (Wildman–Crippen MR) is 140 cm³/mol. The van der Waals surface area contributed by atoms with E-state index in [-0.39, 0.29) is 23.9 Å². The number of hydrogen-bond acceptors (Lipinski definition) is 4. The molecule has 7 heteroatoms. The van der Waals surface area contributed by atoms with E-state index in [1.165, 1.54) is 5.56 Å². The molecule has 6 nitrogen and oxygen atoms in total. The summed E-state index contributed by atoms with van der Waals surface area (Å²) in [6.45, 7) is 2.95. The maximum Gasteiger partial charge on any atom is 0.255 e. The van der Waals surface area contributed by atoms with Crippen LogP contribution >= 0.6 is 11.6 Å². The molecule has 0 bridgehead atoms. The molecule has 5 rings (SSSR count). The van der Waals surface area contributed by atoms with Crippen LogP contribution in [0.1, 0.15) is 42.1 Å². The molecule has 2 N–H and O–H groups in total. The van der Waals surface area contributed by atoms with E-state index in [1.54, 1.807) is 18.2 Å². The summed E-state index contributed by atoms with van der Waals surface area (Å²) in [6.07, 6.45) is 2.89. The summed E-state index contributed by atoms with van der Waals surface area (Å²) in [4.78, 5) is 28.2. The number of ether oxygens (including phenoxy) is 1. The fraction of sp³-hybridized carbons (Fsp3) is 0.310. The molecule has 0 spiro atoms. The smallest absolute Gasteiger partial charge is 0.255 e. The van der Waals surface area contributed by atoms with E-state index in [0.29, 0.717) is 29.1 Å². The summed E-state index contributed by atoms with van der Waals surface area (Å²) < 4.78 is 5.88. The zero-order valence-electron chi connectivity index (χ0n) is 20.2. The molecule has 1 saturated heterocycles. The van der Waals surface area contributed by atoms with Crippen LogP contribution in [0, 0.1) is 0 Å². The van der Waals surface area contributed by atoms with Crippen molar-refractivity contribution in [3.63, 3.8) is 0 Å². The average Bonchev–Trinajstić information content (AvgIpc) is 3.51. The van der Waals surface area contributed by atoms with Crippen LogP contribution in [0.25, 0.3) is 0 Å². The minimum absolute atomic E-state index is 0.0824. The van der Waals surface area contributed by atoms with Gasteiger partial charge in [-0.1, -0.05) is 61.0 Å². The quantitative estimate of drug-likeness (QED) is 0.422. The molecular weight excluding hydrogens is 474 g/mol. The van der Waals surface area contributed by atoms with Crippen LogP contribution in [0.4, 0.5) is 0 Å². The standard InChI is InChI=1S/C29H30ClN3O3/c1-2-22-16-29(17-26(29)33(22)19-20-12-14-21(30)15-13-20)32-27(34)18-31-28(35)24-10-6-7-11-25(24)36-23-8-4-3-5-9-23/h3-15,22,26H,2,16-19H2,1H3,(H,31,35)(H,32,34)/t22-,26?,29-/m0/s1. The highest BCUT2D eigenvalue weighted by atomic mass is 35.5. The van der Waals surface area contributed by atoms with Crippen LogP contribution in [-0.2, 0) is 11.3 Å². The molecule has 2 fully saturated rings. The Kier molecular flexibility index (Phi) is 6.99. The summed E-state index contributed by atoms with van der Waals surface area (Å²) in [7, 11) is 0. The molecule has 1 aliphatic heterocycles. The minimum atomic E-state index is -0.344. The van der Waals surface area contributed by atoms with Crippen molar-refractivity contribution >= 4 is 23.4 Å². The Balaban J connectivity index is 1.17. The van der Waals surface area contributed by atoms with E-state index in [1.807, 2.05) is 48.5 Å². The van der Waals surface area contributed by atoms with Crippen LogP contribution in [0.2, 0.25) is 5.02 Å². The molecule has 0 aromatic heterocycles. The van der Waals surface area contributed by atoms with Crippen LogP contribution in [0.15, 0.2) is 78.9 Å². The van der Waals surface area contributed by atoms with E-state index in [2.05, 4.69) is 34.6 Å². The number of carbonyl (C=O) groups is 2. The highest BCUT2D eigenvalue weighted by Gasteiger charge is 2.64. The van der Waals surface area contributed by atoms with Gasteiger partial charge in [0.2, 0.25) is 5.91 Å². The van der Waals surface area contributed by atoms with Crippen molar-refractivity contribution in [2.45, 2.75) is 50.4 Å². The Hall–Kier alpha value is -3.35. The van der Waals surface area contributed by atoms with Crippen LogP contribution in [0.3, 0.4) is 0 Å². The van der Waals surface area contributed by atoms with Gasteiger partial charge < -0.3 is 15.4 Å². The molecule has 1 aliphatic carbocycles. The number of rotatable bonds is 9. The lowest BCUT2D eigenvalue weighted by atomic mass is 10.1. The van der Waals surface area contributed by atoms with Gasteiger partial charge in [0.1, 0.15) is 11.5 Å². The molecule has 3 aromatic carbocycles. The number of piperidine rings is 1. The van der Waals surface area contributed by atoms with Crippen molar-refractivity contribution in [3.05, 3.63) is 95.0 Å². The second-order valence-corrected chi connectivity index (χ2v) is 10.0. The number of nitrogens with zero attached hydrogens (tertiary/aromatic N) is 1. The van der Waals surface area contributed by atoms with E-state index in [9.17, 15) is 9.59 Å². The van der Waals surface area contributed by atoms with Gasteiger partial charge in [-0.3, -0.25) is 14.5 Å². The number of fused-ring (bicyclic) bond motifs is 1. The normalized spacial score (nSPS) is 22.5. The molecule has 3 atom stereocenters. The maximum absolute atomic E-state index is 12.9. The molecule has 36 heavy (non-hydrogen) atoms. The molecule has 0 radical (unpaired) electrons. The molecule has 2 aliphatic rings. The molecule has 3 aromatic rings. The second kappa shape index (κ2) is 10.3. The first kappa shape index (κ1) is 24.3. The number of likely N-dealkylation sites (tertiary alicyclic amines) is 1. The van der Waals surface area contributed by atoms with E-state index >= 15 is 0 Å². The highest BCUT2D eigenvalue weighted by Crippen LogP contribution is 2.53. The second-order valence-electron chi connectivity index (χ2n) is 9.58. The van der Waals surface area contributed by atoms with Crippen molar-refractivity contribution in [2.75, 3.05) is 6.54 Å². The zero-order valence-corrected chi connectivity index (χ0v) is 21.0. The van der Waals surface area contributed by atoms with Gasteiger partial charge in [0.15, 0.2) is 0 Å². The third kappa shape index (κ3) is 5.25. The fourth-order valence-electron chi connectivity index (χ4n) is 5.27. The van der Waals surface area contributed by atoms with Gasteiger partial charge in [-0.25, -0.2) is 0 Å². The Bertz CT molecular complexity index is 1230. The molecule has 186 valence electrons. The summed E-state index contributed by atoms with van der Waals surface area (Å²) >= 11 is 6.04. The first-order valence-corrected chi connectivity index (χ1v) is 12.8. The summed E-state index contributed by atoms with van der Waals surface area (Å²) in [5.74, 6) is 0.574. The molecule has 2 amide bonds. The van der Waals surface area contributed by atoms with Gasteiger partial charge in [0.05, 0.1) is 17.6 Å². The molecule has 1 saturated carbocycles. The molecule has 1 heterocycles. The Labute approximate surface area is 216 Å². The maximum atomic E-state index is 12.9. The van der Waals surface area contributed by atoms with Crippen molar-refractivity contribution in [1.82, 2.24) is 15.5 Å². The number of halogens is 1. The van der Waals surface area contributed by atoms with Gasteiger partial charge in [-0.15, -0.1) is 0 Å². The number of carbonyl (C=O) groups excluding carboxylic acids is 2. The van der Waals surface area contributed by atoms with Crippen LogP contribution < -0.4 is 15.4 Å². The third-order valence-corrected chi connectivity index (χ3v) is 7.41. The monoisotopic (exact) mass is 503 g/mol. The largest absolute Gasteiger partial charge is 0.457 e. The van der Waals surface area contributed by atoms with Crippen molar-refractivity contribution in [2.24, 2.45) is 0 Å². The summed E-state index contributed by atoms with van der Waals surface area (Å²) in [6, 6.07) is 25.0. The van der Waals surface area contributed by atoms with E-state index in [4.69, 9.17) is 16.3 Å². The number of para-hydroxylation sites is 2. The Morgan fingerprint density at radius 3 is 2.47 bits per heavy atom. The van der Waals surface area contributed by atoms with E-state index in [0.717, 1.165) is 30.8 Å². The van der Waals surface area contributed by atoms with E-state index < -0.39 is 0 Å². The summed E-state index contributed by atoms with van der Waals surface area (Å²) in [5.41, 5.74) is 1.40. The number of nitrogens with one attached hydrogen (secondary N) is 2. The first-order valence-electron chi connectivity index (χ1n) is 12.4. The molecule has 1 unspecified atom stereocenters. The van der Waals surface area contributed by atoms with Crippen molar-refractivity contribution in [3.8, 4) is 11.5 Å². The molecular formula is C29H30ClN3O3. The van der Waals surface area contributed by atoms with Gasteiger partial charge in [-0.05, 0) is 61.2 Å². The number of hydrogen-bond donors (Lipinski definition) is 2. The van der Waals surface area contributed by atoms with Crippen LogP contribution in [-0.4, -0.2) is 40.9 Å². The number of amides is 2. The third-order valence-electron chi connectivity index (χ3n) is 7.15. The first-order chi connectivity index (χ1) is 17.5. The minimum Gasteiger partial charge on any atom is -0.457 e. The Morgan fingerprint density at radius 2 is 1.72 bits per heavy atom. The topological polar surface area (TPSA) is 70.7 Å². The lowest BCUT2D eigenvalue weighted by Gasteiger charge is -2.26. The zero-order chi connectivity index (χ0) is 25.1. The van der Waals surface area contributed by atoms with Crippen LogP contribution in [0.5, 0.6) is 11.5 Å². The average molecular weight is 504 g/mol. The summed E-state index contributed by atoms with van der Waals surface area (Å²) in [5, 5.41) is 6.72. The SMILES string of the molecule is CC[C@H]1C[C@]2(NC(=O)CNC(=O)c3ccccc3Oc3ccccc3)CC2N1Cc1ccc(Cl)cc1. The Morgan fingerprint density at radius 1 is 1.00 bits per heavy atom. The van der Waals surface area contributed by atoms with Gasteiger partial charge in [0, 0.05) is 23.7 Å². The predicted octanol–water partition coefficient (Wildman–Crippen LogP) is 5.17. The van der Waals surface area contributed by atoms with Gasteiger partial charge in [-0.2, -0.15) is 0 Å². The fourth-order valence-corrected chi connectivity index (χ4v) is 5.40. The van der Waals surface area contributed by atoms with Crippen molar-refractivity contribution < 1.29 is 14.3 Å². The number of benzene rings is 3. The lowest BCUT2D eigenvalue weighted by molar-refractivity contribution is -0.121. The van der Waals surface area contributed by atoms with Gasteiger partial charge in [0.25, 0.3) is 5.91 Å². The van der Waals surface area contributed by atoms with Crippen molar-refractivity contribution in [1.29, 1.82) is 0 Å². The van der Waals surface area contributed by atoms with Gasteiger partial charge >= 0.3 is 0 Å².